The second-order valence-electron chi connectivity index (χ2n) is 5.49. The molecule has 18 heavy (non-hydrogen) atoms. The van der Waals surface area contributed by atoms with E-state index in [1.807, 2.05) is 24.3 Å². The number of amides is 1. The topological polar surface area (TPSA) is 41.1 Å². The predicted octanol–water partition coefficient (Wildman–Crippen LogP) is 2.57. The van der Waals surface area contributed by atoms with Crippen molar-refractivity contribution in [2.24, 2.45) is 5.41 Å². The molecule has 1 atom stereocenters. The second kappa shape index (κ2) is 5.41. The van der Waals surface area contributed by atoms with Gasteiger partial charge in [-0.05, 0) is 42.6 Å². The molecular formula is C14H19BrN2O. The number of nitrogens with one attached hydrogen (secondary N) is 2. The highest BCUT2D eigenvalue weighted by Gasteiger charge is 2.33. The van der Waals surface area contributed by atoms with E-state index in [9.17, 15) is 4.79 Å². The summed E-state index contributed by atoms with van der Waals surface area (Å²) in [6.07, 6.45) is 0.981. The first-order valence-electron chi connectivity index (χ1n) is 6.26. The normalized spacial score (nSPS) is 22.5. The van der Waals surface area contributed by atoms with Crippen molar-refractivity contribution in [2.45, 2.75) is 26.3 Å². The number of benzene rings is 1. The molecule has 1 saturated heterocycles. The molecule has 3 nitrogen and oxygen atoms in total. The molecule has 0 saturated carbocycles. The van der Waals surface area contributed by atoms with Crippen molar-refractivity contribution in [1.29, 1.82) is 0 Å². The van der Waals surface area contributed by atoms with Crippen molar-refractivity contribution in [3.05, 3.63) is 34.3 Å². The lowest BCUT2D eigenvalue weighted by Gasteiger charge is -2.39. The molecule has 1 aromatic rings. The number of rotatable bonds is 2. The molecule has 0 radical (unpaired) electrons. The molecule has 1 amide bonds. The molecule has 1 aliphatic rings. The predicted molar refractivity (Wildman–Crippen MR) is 76.7 cm³/mol. The van der Waals surface area contributed by atoms with Crippen LogP contribution in [0.25, 0.3) is 0 Å². The van der Waals surface area contributed by atoms with Gasteiger partial charge in [-0.1, -0.05) is 29.8 Å². The molecule has 0 bridgehead atoms. The van der Waals surface area contributed by atoms with Crippen LogP contribution in [-0.4, -0.2) is 25.0 Å². The van der Waals surface area contributed by atoms with Crippen molar-refractivity contribution in [2.75, 3.05) is 13.1 Å². The van der Waals surface area contributed by atoms with Gasteiger partial charge in [0.2, 0.25) is 0 Å². The second-order valence-corrected chi connectivity index (χ2v) is 6.40. The lowest BCUT2D eigenvalue weighted by Crippen LogP contribution is -2.54. The zero-order valence-electron chi connectivity index (χ0n) is 10.8. The number of piperidine rings is 1. The Morgan fingerprint density at radius 3 is 2.67 bits per heavy atom. The maximum absolute atomic E-state index is 12.2. The van der Waals surface area contributed by atoms with Crippen LogP contribution in [0.5, 0.6) is 0 Å². The van der Waals surface area contributed by atoms with E-state index in [1.165, 1.54) is 0 Å². The van der Waals surface area contributed by atoms with Gasteiger partial charge in [-0.25, -0.2) is 0 Å². The van der Waals surface area contributed by atoms with Gasteiger partial charge >= 0.3 is 0 Å². The Morgan fingerprint density at radius 1 is 1.39 bits per heavy atom. The van der Waals surface area contributed by atoms with Crippen molar-refractivity contribution in [1.82, 2.24) is 10.6 Å². The summed E-state index contributed by atoms with van der Waals surface area (Å²) in [7, 11) is 0. The highest BCUT2D eigenvalue weighted by atomic mass is 79.9. The lowest BCUT2D eigenvalue weighted by atomic mass is 9.80. The standard InChI is InChI=1S/C14H19BrN2O/c1-14(2)9-16-8-7-12(14)17-13(18)10-3-5-11(15)6-4-10/h3-6,12,16H,7-9H2,1-2H3,(H,17,18). The van der Waals surface area contributed by atoms with Crippen molar-refractivity contribution < 1.29 is 4.79 Å². The molecule has 98 valence electrons. The Morgan fingerprint density at radius 2 is 2.06 bits per heavy atom. The summed E-state index contributed by atoms with van der Waals surface area (Å²) in [5.74, 6) is 0.0162. The van der Waals surface area contributed by atoms with E-state index >= 15 is 0 Å². The zero-order chi connectivity index (χ0) is 13.2. The van der Waals surface area contributed by atoms with Crippen LogP contribution in [0.3, 0.4) is 0 Å². The minimum absolute atomic E-state index is 0.0162. The first-order valence-corrected chi connectivity index (χ1v) is 7.05. The Hall–Kier alpha value is -0.870. The van der Waals surface area contributed by atoms with Gasteiger partial charge in [0.15, 0.2) is 0 Å². The minimum Gasteiger partial charge on any atom is -0.349 e. The molecule has 1 heterocycles. The van der Waals surface area contributed by atoms with Crippen molar-refractivity contribution in [3.63, 3.8) is 0 Å². The summed E-state index contributed by atoms with van der Waals surface area (Å²) in [4.78, 5) is 12.2. The average Bonchev–Trinajstić information content (AvgIpc) is 2.32. The van der Waals surface area contributed by atoms with E-state index in [4.69, 9.17) is 0 Å². The smallest absolute Gasteiger partial charge is 0.251 e. The van der Waals surface area contributed by atoms with Crippen LogP contribution in [0.1, 0.15) is 30.6 Å². The molecule has 2 N–H and O–H groups in total. The van der Waals surface area contributed by atoms with E-state index in [0.29, 0.717) is 5.56 Å². The highest BCUT2D eigenvalue weighted by molar-refractivity contribution is 9.10. The van der Waals surface area contributed by atoms with E-state index in [-0.39, 0.29) is 17.4 Å². The molecule has 1 aromatic carbocycles. The third-order valence-corrected chi connectivity index (χ3v) is 4.07. The molecular weight excluding hydrogens is 292 g/mol. The van der Waals surface area contributed by atoms with Crippen LogP contribution in [0.15, 0.2) is 28.7 Å². The summed E-state index contributed by atoms with van der Waals surface area (Å²) in [5.41, 5.74) is 0.816. The van der Waals surface area contributed by atoms with E-state index < -0.39 is 0 Å². The summed E-state index contributed by atoms with van der Waals surface area (Å²) in [5, 5.41) is 6.52. The quantitative estimate of drug-likeness (QED) is 0.881. The van der Waals surface area contributed by atoms with E-state index in [1.54, 1.807) is 0 Å². The van der Waals surface area contributed by atoms with Gasteiger partial charge in [-0.3, -0.25) is 4.79 Å². The van der Waals surface area contributed by atoms with Gasteiger partial charge < -0.3 is 10.6 Å². The number of hydrogen-bond acceptors (Lipinski definition) is 2. The Labute approximate surface area is 116 Å². The molecule has 1 aliphatic heterocycles. The van der Waals surface area contributed by atoms with Gasteiger partial charge in [0.25, 0.3) is 5.91 Å². The molecule has 4 heteroatoms. The number of hydrogen-bond donors (Lipinski definition) is 2. The van der Waals surface area contributed by atoms with Crippen LogP contribution in [0, 0.1) is 5.41 Å². The van der Waals surface area contributed by atoms with Crippen molar-refractivity contribution in [3.8, 4) is 0 Å². The number of halogens is 1. The van der Waals surface area contributed by atoms with Crippen LogP contribution in [-0.2, 0) is 0 Å². The summed E-state index contributed by atoms with van der Waals surface area (Å²) in [6, 6.07) is 7.70. The Kier molecular flexibility index (Phi) is 4.07. The number of carbonyl (C=O) groups is 1. The van der Waals surface area contributed by atoms with Gasteiger partial charge in [0, 0.05) is 22.6 Å². The maximum Gasteiger partial charge on any atom is 0.251 e. The minimum atomic E-state index is 0.0162. The fourth-order valence-electron chi connectivity index (χ4n) is 2.28. The first-order chi connectivity index (χ1) is 8.49. The fraction of sp³-hybridized carbons (Fsp3) is 0.500. The third kappa shape index (κ3) is 3.12. The lowest BCUT2D eigenvalue weighted by molar-refractivity contribution is 0.0868. The molecule has 0 aromatic heterocycles. The van der Waals surface area contributed by atoms with Crippen LogP contribution in [0.2, 0.25) is 0 Å². The highest BCUT2D eigenvalue weighted by Crippen LogP contribution is 2.25. The van der Waals surface area contributed by atoms with Gasteiger partial charge in [0.1, 0.15) is 0 Å². The number of carbonyl (C=O) groups excluding carboxylic acids is 1. The molecule has 0 aliphatic carbocycles. The summed E-state index contributed by atoms with van der Waals surface area (Å²) >= 11 is 3.37. The third-order valence-electron chi connectivity index (χ3n) is 3.55. The Bertz CT molecular complexity index is 428. The van der Waals surface area contributed by atoms with E-state index in [0.717, 1.165) is 24.0 Å². The molecule has 1 fully saturated rings. The molecule has 2 rings (SSSR count). The largest absolute Gasteiger partial charge is 0.349 e. The summed E-state index contributed by atoms with van der Waals surface area (Å²) in [6.45, 7) is 6.28. The van der Waals surface area contributed by atoms with E-state index in [2.05, 4.69) is 40.4 Å². The average molecular weight is 311 g/mol. The van der Waals surface area contributed by atoms with Crippen LogP contribution >= 0.6 is 15.9 Å². The maximum atomic E-state index is 12.2. The SMILES string of the molecule is CC1(C)CNCCC1NC(=O)c1ccc(Br)cc1. The zero-order valence-corrected chi connectivity index (χ0v) is 12.4. The van der Waals surface area contributed by atoms with Crippen LogP contribution < -0.4 is 10.6 Å². The van der Waals surface area contributed by atoms with Crippen LogP contribution in [0.4, 0.5) is 0 Å². The molecule has 1 unspecified atom stereocenters. The first kappa shape index (κ1) is 13.6. The van der Waals surface area contributed by atoms with Gasteiger partial charge in [-0.2, -0.15) is 0 Å². The summed E-state index contributed by atoms with van der Waals surface area (Å²) < 4.78 is 0.987. The monoisotopic (exact) mass is 310 g/mol. The van der Waals surface area contributed by atoms with Crippen molar-refractivity contribution >= 4 is 21.8 Å². The fourth-order valence-corrected chi connectivity index (χ4v) is 2.55. The van der Waals surface area contributed by atoms with Gasteiger partial charge in [-0.15, -0.1) is 0 Å². The van der Waals surface area contributed by atoms with Gasteiger partial charge in [0.05, 0.1) is 0 Å². The molecule has 0 spiro atoms. The Balaban J connectivity index is 2.04.